The van der Waals surface area contributed by atoms with Gasteiger partial charge in [-0.25, -0.2) is 13.8 Å². The quantitative estimate of drug-likeness (QED) is 0.211. The summed E-state index contributed by atoms with van der Waals surface area (Å²) in [4.78, 5) is 22.8. The highest BCUT2D eigenvalue weighted by Crippen LogP contribution is 2.30. The van der Waals surface area contributed by atoms with Gasteiger partial charge in [-0.3, -0.25) is 14.5 Å². The van der Waals surface area contributed by atoms with Crippen LogP contribution >= 0.6 is 0 Å². The van der Waals surface area contributed by atoms with Crippen LogP contribution in [-0.4, -0.2) is 97.6 Å². The molecule has 4 aromatic heterocycles. The van der Waals surface area contributed by atoms with Crippen molar-refractivity contribution in [2.75, 3.05) is 5.32 Å². The summed E-state index contributed by atoms with van der Waals surface area (Å²) in [5.41, 5.74) is 1.97. The average Bonchev–Trinajstić information content (AvgIpc) is 3.32. The largest absolute Gasteiger partial charge is 0.382 e. The van der Waals surface area contributed by atoms with Crippen LogP contribution in [0.3, 0.4) is 0 Å². The molecular formula is C23H27B8F2N7O. The van der Waals surface area contributed by atoms with Gasteiger partial charge in [-0.15, -0.1) is 5.11 Å². The summed E-state index contributed by atoms with van der Waals surface area (Å²) < 4.78 is 29.7. The van der Waals surface area contributed by atoms with Gasteiger partial charge in [0, 0.05) is 23.3 Å². The molecule has 0 spiro atoms. The minimum atomic E-state index is -2.72. The van der Waals surface area contributed by atoms with Crippen LogP contribution in [0.15, 0.2) is 59.7 Å². The first-order chi connectivity index (χ1) is 19.0. The van der Waals surface area contributed by atoms with Gasteiger partial charge < -0.3 is 5.32 Å². The zero-order valence-corrected chi connectivity index (χ0v) is 24.6. The van der Waals surface area contributed by atoms with Crippen molar-refractivity contribution in [3.05, 3.63) is 70.9 Å². The molecule has 0 fully saturated rings. The fraction of sp³-hybridized carbons (Fsp3) is 0.174. The van der Waals surface area contributed by atoms with Crippen LogP contribution < -0.4 is 10.9 Å². The van der Waals surface area contributed by atoms with Crippen molar-refractivity contribution in [2.24, 2.45) is 0 Å². The Hall–Kier alpha value is -3.69. The van der Waals surface area contributed by atoms with Crippen LogP contribution in [0.2, 0.25) is 5.11 Å². The molecule has 1 N–H and O–H groups in total. The second-order valence-electron chi connectivity index (χ2n) is 12.9. The molecule has 8 nitrogen and oxygen atoms in total. The minimum Gasteiger partial charge on any atom is -0.382 e. The van der Waals surface area contributed by atoms with Crippen LogP contribution in [0.5, 0.6) is 0 Å². The molecule has 198 valence electrons. The highest BCUT2D eigenvalue weighted by molar-refractivity contribution is 6.67. The van der Waals surface area contributed by atoms with Gasteiger partial charge in [0.2, 0.25) is 0 Å². The van der Waals surface area contributed by atoms with Crippen molar-refractivity contribution >= 4 is 90.5 Å². The number of rotatable bonds is 7. The van der Waals surface area contributed by atoms with Gasteiger partial charge in [0.25, 0.3) is 12.0 Å². The summed E-state index contributed by atoms with van der Waals surface area (Å²) in [5.74, 6) is 0.575. The van der Waals surface area contributed by atoms with E-state index in [-0.39, 0.29) is 26.9 Å². The smallest absolute Gasteiger partial charge is 0.281 e. The van der Waals surface area contributed by atoms with Gasteiger partial charge >= 0.3 is 0 Å². The Balaban J connectivity index is 1.72. The Labute approximate surface area is 243 Å². The van der Waals surface area contributed by atoms with Crippen molar-refractivity contribution < 1.29 is 8.78 Å². The molecule has 4 heterocycles. The molecule has 0 saturated carbocycles. The molecule has 0 aliphatic carbocycles. The predicted octanol–water partition coefficient (Wildman–Crippen LogP) is -4.10. The lowest BCUT2D eigenvalue weighted by molar-refractivity contribution is 0.146. The fourth-order valence-corrected chi connectivity index (χ4v) is 4.26. The summed E-state index contributed by atoms with van der Waals surface area (Å²) in [6.07, 6.45) is 0.513. The lowest BCUT2D eigenvalue weighted by atomic mass is 9.26. The maximum atomic E-state index is 14.1. The summed E-state index contributed by atoms with van der Waals surface area (Å²) >= 11 is 0. The Kier molecular flexibility index (Phi) is 7.02. The van der Waals surface area contributed by atoms with Crippen molar-refractivity contribution in [3.63, 3.8) is 0 Å². The third kappa shape index (κ3) is 5.48. The summed E-state index contributed by atoms with van der Waals surface area (Å²) in [6, 6.07) is 11.8. The first-order valence-corrected chi connectivity index (χ1v) is 13.5. The van der Waals surface area contributed by atoms with Crippen LogP contribution in [0, 0.1) is 0 Å². The van der Waals surface area contributed by atoms with Gasteiger partial charge in [0.05, 0.1) is 40.3 Å². The number of anilines is 1. The van der Waals surface area contributed by atoms with Crippen LogP contribution in [-0.2, 0) is 5.24 Å². The van der Waals surface area contributed by atoms with Gasteiger partial charge in [0.1, 0.15) is 61.8 Å². The number of benzene rings is 1. The van der Waals surface area contributed by atoms with E-state index in [1.54, 1.807) is 12.1 Å². The molecule has 0 saturated heterocycles. The summed E-state index contributed by atoms with van der Waals surface area (Å²) in [6.45, 7) is 0. The van der Waals surface area contributed by atoms with E-state index in [1.807, 2.05) is 29.1 Å². The molecular weight excluding hydrogens is 515 g/mol. The second-order valence-corrected chi connectivity index (χ2v) is 12.9. The number of fused-ring (bicyclic) bond motifs is 2. The molecule has 1 aromatic carbocycles. The second kappa shape index (κ2) is 9.99. The Morgan fingerprint density at radius 1 is 0.878 bits per heavy atom. The van der Waals surface area contributed by atoms with Crippen LogP contribution in [0.25, 0.3) is 38.8 Å². The fourth-order valence-electron chi connectivity index (χ4n) is 4.26. The highest BCUT2D eigenvalue weighted by atomic mass is 19.3. The molecule has 0 radical (unpaired) electrons. The van der Waals surface area contributed by atoms with E-state index in [1.165, 1.54) is 23.0 Å². The molecule has 0 bridgehead atoms. The maximum absolute atomic E-state index is 14.1. The molecule has 0 amide bonds. The first kappa shape index (κ1) is 28.8. The molecule has 0 atom stereocenters. The average molecular weight is 542 g/mol. The van der Waals surface area contributed by atoms with E-state index in [4.69, 9.17) is 4.98 Å². The van der Waals surface area contributed by atoms with Crippen molar-refractivity contribution in [1.82, 2.24) is 29.5 Å². The molecule has 18 heteroatoms. The number of pyridine rings is 2. The van der Waals surface area contributed by atoms with Gasteiger partial charge in [-0.2, -0.15) is 14.9 Å². The third-order valence-electron chi connectivity index (χ3n) is 7.76. The van der Waals surface area contributed by atoms with Gasteiger partial charge in [-0.1, -0.05) is 6.07 Å². The van der Waals surface area contributed by atoms with E-state index in [0.29, 0.717) is 28.1 Å². The topological polar surface area (TPSA) is 90.5 Å². The number of nitrogens with one attached hydrogen (secondary N) is 1. The van der Waals surface area contributed by atoms with Crippen LogP contribution in [0.4, 0.5) is 14.6 Å². The first-order valence-electron chi connectivity index (χ1n) is 13.5. The summed E-state index contributed by atoms with van der Waals surface area (Å²) in [7, 11) is 16.7. The number of aromatic nitrogens is 6. The number of halogens is 2. The SMILES string of the molecule is BC(B)(B)n1cc2cc(-n3nc4ccc(NC(B)(B)C(B)(B)B)nc4c(-c4ccc(C(F)F)nc4)c3=O)ccc2n1. The van der Waals surface area contributed by atoms with Gasteiger partial charge in [-0.05, 0) is 47.0 Å². The minimum absolute atomic E-state index is 0.0947. The molecule has 0 aliphatic rings. The summed E-state index contributed by atoms with van der Waals surface area (Å²) in [5, 5.41) is 13.0. The standard InChI is InChI=1S/C23H27B8F2N7O/c24-21(25,26)22(27,28)36-16-6-5-14-18(35-16)17(10-1-3-15(19(32)33)34-8-10)20(41)40(38-14)12-2-4-13-11(7-12)9-39(37-13)23(29,30)31/h1-9,19H,24-31H2,(H,35,36). The lowest BCUT2D eigenvalue weighted by Gasteiger charge is -2.41. The van der Waals surface area contributed by atoms with Gasteiger partial charge in [0.15, 0.2) is 0 Å². The highest BCUT2D eigenvalue weighted by Gasteiger charge is 2.32. The zero-order chi connectivity index (χ0) is 29.9. The number of nitrogens with zero attached hydrogens (tertiary/aromatic N) is 6. The third-order valence-corrected chi connectivity index (χ3v) is 7.76. The van der Waals surface area contributed by atoms with E-state index in [9.17, 15) is 13.6 Å². The molecule has 5 aromatic rings. The normalized spacial score (nSPS) is 12.8. The lowest BCUT2D eigenvalue weighted by Crippen LogP contribution is -2.52. The number of alkyl halides is 2. The molecule has 41 heavy (non-hydrogen) atoms. The number of hydrogen-bond acceptors (Lipinski definition) is 6. The van der Waals surface area contributed by atoms with Crippen LogP contribution in [0.1, 0.15) is 12.1 Å². The predicted molar refractivity (Wildman–Crippen MR) is 182 cm³/mol. The monoisotopic (exact) mass is 543 g/mol. The van der Waals surface area contributed by atoms with E-state index < -0.39 is 12.0 Å². The molecule has 0 aliphatic heterocycles. The van der Waals surface area contributed by atoms with E-state index >= 15 is 0 Å². The Bertz CT molecular complexity index is 1830. The molecule has 0 unspecified atom stereocenters. The zero-order valence-electron chi connectivity index (χ0n) is 24.6. The van der Waals surface area contributed by atoms with Crippen molar-refractivity contribution in [2.45, 2.75) is 22.1 Å². The number of hydrogen-bond donors (Lipinski definition) is 1. The van der Waals surface area contributed by atoms with E-state index in [0.717, 1.165) is 10.9 Å². The van der Waals surface area contributed by atoms with Crippen molar-refractivity contribution in [1.29, 1.82) is 0 Å². The Morgan fingerprint density at radius 2 is 1.59 bits per heavy atom. The Morgan fingerprint density at radius 3 is 2.20 bits per heavy atom. The van der Waals surface area contributed by atoms with Crippen molar-refractivity contribution in [3.8, 4) is 16.8 Å². The van der Waals surface area contributed by atoms with E-state index in [2.05, 4.69) is 83.3 Å². The maximum Gasteiger partial charge on any atom is 0.281 e. The molecule has 5 rings (SSSR count).